The fourth-order valence-corrected chi connectivity index (χ4v) is 4.13. The summed E-state index contributed by atoms with van der Waals surface area (Å²) in [5.74, 6) is 6.73. The van der Waals surface area contributed by atoms with E-state index in [0.29, 0.717) is 29.5 Å². The largest absolute Gasteiger partial charge is 0.333 e. The smallest absolute Gasteiger partial charge is 0.229 e. The maximum atomic E-state index is 12.6. The van der Waals surface area contributed by atoms with Crippen molar-refractivity contribution in [3.05, 3.63) is 35.9 Å². The van der Waals surface area contributed by atoms with Crippen molar-refractivity contribution in [3.63, 3.8) is 0 Å². The number of fused-ring (bicyclic) bond motifs is 2. The van der Waals surface area contributed by atoms with E-state index in [1.807, 2.05) is 20.0 Å². The van der Waals surface area contributed by atoms with E-state index in [1.165, 1.54) is 5.56 Å². The number of hydrogen-bond donors (Lipinski definition) is 0. The summed E-state index contributed by atoms with van der Waals surface area (Å²) < 4.78 is 0.309. The highest BCUT2D eigenvalue weighted by atomic mass is 16.2. The molecule has 4 unspecified atom stereocenters. The summed E-state index contributed by atoms with van der Waals surface area (Å²) in [4.78, 5) is 12.6. The van der Waals surface area contributed by atoms with Crippen molar-refractivity contribution in [3.8, 4) is 11.8 Å². The highest BCUT2D eigenvalue weighted by Crippen LogP contribution is 2.59. The first kappa shape index (κ1) is 14.3. The minimum absolute atomic E-state index is 0.0403. The first-order valence-electron chi connectivity index (χ1n) is 7.56. The monoisotopic (exact) mass is 283 g/mol. The molecule has 3 saturated heterocycles. The second kappa shape index (κ2) is 4.69. The Morgan fingerprint density at radius 1 is 1.33 bits per heavy atom. The van der Waals surface area contributed by atoms with Crippen LogP contribution < -0.4 is 0 Å². The van der Waals surface area contributed by atoms with E-state index >= 15 is 0 Å². The zero-order chi connectivity index (χ0) is 15.3. The van der Waals surface area contributed by atoms with Crippen molar-refractivity contribution in [2.45, 2.75) is 38.8 Å². The molecule has 0 aliphatic carbocycles. The first-order chi connectivity index (χ1) is 9.93. The summed E-state index contributed by atoms with van der Waals surface area (Å²) in [6.07, 6.45) is 0.644. The molecule has 3 heterocycles. The van der Waals surface area contributed by atoms with Crippen LogP contribution >= 0.6 is 0 Å². The first-order valence-corrected chi connectivity index (χ1v) is 7.56. The lowest BCUT2D eigenvalue weighted by atomic mass is 9.65. The zero-order valence-electron chi connectivity index (χ0n) is 13.3. The van der Waals surface area contributed by atoms with Crippen LogP contribution in [-0.2, 0) is 4.79 Å². The molecule has 4 atom stereocenters. The Morgan fingerprint density at radius 3 is 2.62 bits per heavy atom. The number of benzene rings is 1. The van der Waals surface area contributed by atoms with Crippen molar-refractivity contribution in [2.75, 3.05) is 13.6 Å². The third kappa shape index (κ3) is 1.87. The molecular formula is C18H23N2O+. The summed E-state index contributed by atoms with van der Waals surface area (Å²) in [6, 6.07) is 10.9. The van der Waals surface area contributed by atoms with Crippen LogP contribution in [-0.4, -0.2) is 34.6 Å². The van der Waals surface area contributed by atoms with Gasteiger partial charge in [-0.25, -0.2) is 4.79 Å². The number of hydrogen-bond acceptors (Lipinski definition) is 2. The molecule has 3 aliphatic rings. The van der Waals surface area contributed by atoms with E-state index in [-0.39, 0.29) is 11.4 Å². The molecule has 3 heteroatoms. The molecule has 0 saturated carbocycles. The van der Waals surface area contributed by atoms with E-state index in [9.17, 15) is 4.79 Å². The van der Waals surface area contributed by atoms with Gasteiger partial charge in [0.1, 0.15) is 0 Å². The Morgan fingerprint density at radius 2 is 2.00 bits per heavy atom. The second-order valence-electron chi connectivity index (χ2n) is 6.78. The average Bonchev–Trinajstić information content (AvgIpc) is 2.47. The molecule has 0 aromatic heterocycles. The molecule has 1 aromatic rings. The van der Waals surface area contributed by atoms with Gasteiger partial charge in [-0.15, -0.1) is 10.9 Å². The van der Waals surface area contributed by atoms with Gasteiger partial charge in [-0.1, -0.05) is 30.3 Å². The number of quaternary nitrogens is 1. The van der Waals surface area contributed by atoms with Crippen LogP contribution in [0.4, 0.5) is 0 Å². The lowest BCUT2D eigenvalue weighted by Crippen LogP contribution is -2.82. The van der Waals surface area contributed by atoms with Gasteiger partial charge in [0.15, 0.2) is 6.54 Å². The Bertz CT molecular complexity index is 626. The maximum absolute atomic E-state index is 12.6. The van der Waals surface area contributed by atoms with Gasteiger partial charge in [0, 0.05) is 5.92 Å². The van der Waals surface area contributed by atoms with Gasteiger partial charge in [-0.2, -0.15) is 4.59 Å². The van der Waals surface area contributed by atoms with Gasteiger partial charge >= 0.3 is 5.91 Å². The lowest BCUT2D eigenvalue weighted by molar-refractivity contribution is -0.984. The fraction of sp³-hybridized carbons (Fsp3) is 0.500. The van der Waals surface area contributed by atoms with Crippen LogP contribution in [0, 0.1) is 17.8 Å². The van der Waals surface area contributed by atoms with Crippen LogP contribution in [0.25, 0.3) is 0 Å². The van der Waals surface area contributed by atoms with Crippen molar-refractivity contribution in [1.29, 1.82) is 0 Å². The normalized spacial score (nSPS) is 36.4. The maximum Gasteiger partial charge on any atom is 0.333 e. The molecule has 1 amide bonds. The molecule has 0 radical (unpaired) electrons. The van der Waals surface area contributed by atoms with E-state index in [4.69, 9.17) is 0 Å². The second-order valence-corrected chi connectivity index (χ2v) is 6.78. The highest BCUT2D eigenvalue weighted by Gasteiger charge is 2.69. The van der Waals surface area contributed by atoms with E-state index in [0.717, 1.165) is 0 Å². The van der Waals surface area contributed by atoms with Crippen LogP contribution in [0.2, 0.25) is 0 Å². The summed E-state index contributed by atoms with van der Waals surface area (Å²) in [5, 5.41) is 2.35. The quantitative estimate of drug-likeness (QED) is 0.614. The molecule has 3 aliphatic heterocycles. The number of nitrogens with zero attached hydrogens (tertiary/aromatic N) is 2. The third-order valence-corrected chi connectivity index (χ3v) is 5.25. The minimum atomic E-state index is 0.0403. The molecule has 110 valence electrons. The molecule has 1 aromatic carbocycles. The molecule has 21 heavy (non-hydrogen) atoms. The van der Waals surface area contributed by atoms with Crippen LogP contribution in [0.15, 0.2) is 30.3 Å². The molecule has 3 fully saturated rings. The topological polar surface area (TPSA) is 20.3 Å². The van der Waals surface area contributed by atoms with Gasteiger partial charge in [0.25, 0.3) is 0 Å². The van der Waals surface area contributed by atoms with Gasteiger partial charge < -0.3 is 0 Å². The molecule has 0 spiro atoms. The summed E-state index contributed by atoms with van der Waals surface area (Å²) in [6.45, 7) is 6.90. The third-order valence-electron chi connectivity index (χ3n) is 5.25. The molecule has 3 nitrogen and oxygen atoms in total. The lowest BCUT2D eigenvalue weighted by Gasteiger charge is -2.67. The molecule has 2 bridgehead atoms. The summed E-state index contributed by atoms with van der Waals surface area (Å²) in [5.41, 5.74) is 1.35. The van der Waals surface area contributed by atoms with E-state index in [2.05, 4.69) is 55.0 Å². The Kier molecular flexibility index (Phi) is 3.20. The summed E-state index contributed by atoms with van der Waals surface area (Å²) in [7, 11) is 2.01. The predicted octanol–water partition coefficient (Wildman–Crippen LogP) is 2.75. The Hall–Kier alpha value is -1.63. The van der Waals surface area contributed by atoms with E-state index in [1.54, 1.807) is 0 Å². The average molecular weight is 283 g/mol. The zero-order valence-corrected chi connectivity index (χ0v) is 13.3. The summed E-state index contributed by atoms with van der Waals surface area (Å²) >= 11 is 0. The van der Waals surface area contributed by atoms with Gasteiger partial charge in [0.05, 0.1) is 25.0 Å². The Balaban J connectivity index is 2.03. The van der Waals surface area contributed by atoms with Crippen LogP contribution in [0.1, 0.15) is 38.8 Å². The highest BCUT2D eigenvalue weighted by molar-refractivity contribution is 5.71. The van der Waals surface area contributed by atoms with E-state index < -0.39 is 0 Å². The van der Waals surface area contributed by atoms with Gasteiger partial charge in [-0.05, 0) is 32.3 Å². The SMILES string of the molecule is CC#CC[N+]1(C)C(=O)CC2C(c3ccccc3)N1C2(C)C. The predicted molar refractivity (Wildman–Crippen MR) is 82.7 cm³/mol. The van der Waals surface area contributed by atoms with Gasteiger partial charge in [-0.3, -0.25) is 0 Å². The number of amides is 1. The van der Waals surface area contributed by atoms with Crippen molar-refractivity contribution >= 4 is 5.91 Å². The van der Waals surface area contributed by atoms with Crippen molar-refractivity contribution < 1.29 is 9.39 Å². The molecule has 0 N–H and O–H groups in total. The van der Waals surface area contributed by atoms with Crippen LogP contribution in [0.5, 0.6) is 0 Å². The van der Waals surface area contributed by atoms with Crippen molar-refractivity contribution in [1.82, 2.24) is 5.01 Å². The van der Waals surface area contributed by atoms with Crippen LogP contribution in [0.3, 0.4) is 0 Å². The number of rotatable bonds is 2. The Labute approximate surface area is 127 Å². The molecular weight excluding hydrogens is 260 g/mol. The fourth-order valence-electron chi connectivity index (χ4n) is 4.13. The minimum Gasteiger partial charge on any atom is -0.229 e. The van der Waals surface area contributed by atoms with Gasteiger partial charge in [0.2, 0.25) is 0 Å². The molecule has 4 rings (SSSR count). The van der Waals surface area contributed by atoms with Crippen molar-refractivity contribution in [2.24, 2.45) is 5.92 Å². The standard InChI is InChI=1S/C18H23N2O/c1-5-6-12-20(4)16(21)13-15-17(19(20)18(15,2)3)14-10-8-7-9-11-14/h7-11,15,17H,12-13H2,1-4H3/q+1. The number of carbonyl (C=O) groups is 1. The number of carbonyl (C=O) groups excluding carboxylic acids is 1.